The lowest BCUT2D eigenvalue weighted by Crippen LogP contribution is -2.37. The molecule has 0 bridgehead atoms. The number of aromatic nitrogens is 2. The second-order valence-electron chi connectivity index (χ2n) is 5.16. The van der Waals surface area contributed by atoms with Gasteiger partial charge in [0.15, 0.2) is 0 Å². The minimum Gasteiger partial charge on any atom is -0.341 e. The van der Waals surface area contributed by atoms with Crippen LogP contribution in [-0.2, 0) is 17.9 Å². The van der Waals surface area contributed by atoms with E-state index < -0.39 is 0 Å². The molecule has 0 saturated carbocycles. The van der Waals surface area contributed by atoms with Crippen LogP contribution in [0.1, 0.15) is 38.3 Å². The van der Waals surface area contributed by atoms with Crippen molar-refractivity contribution in [2.45, 2.75) is 45.7 Å². The molecular formula is C14H24N4O. The molecule has 2 heterocycles. The summed E-state index contributed by atoms with van der Waals surface area (Å²) < 4.78 is 1.89. The van der Waals surface area contributed by atoms with Crippen molar-refractivity contribution in [3.8, 4) is 0 Å². The van der Waals surface area contributed by atoms with Gasteiger partial charge in [-0.2, -0.15) is 0 Å². The number of nitrogens with zero attached hydrogens (tertiary/aromatic N) is 3. The molecule has 2 rings (SSSR count). The number of imidazole rings is 1. The van der Waals surface area contributed by atoms with Crippen molar-refractivity contribution in [2.75, 3.05) is 19.6 Å². The van der Waals surface area contributed by atoms with Gasteiger partial charge in [-0.05, 0) is 32.2 Å². The highest BCUT2D eigenvalue weighted by atomic mass is 16.2. The monoisotopic (exact) mass is 264 g/mol. The molecule has 1 aliphatic heterocycles. The van der Waals surface area contributed by atoms with Crippen LogP contribution >= 0.6 is 0 Å². The molecule has 1 fully saturated rings. The van der Waals surface area contributed by atoms with Crippen LogP contribution < -0.4 is 5.32 Å². The van der Waals surface area contributed by atoms with Crippen LogP contribution in [0.4, 0.5) is 0 Å². The van der Waals surface area contributed by atoms with Gasteiger partial charge in [0.25, 0.3) is 0 Å². The van der Waals surface area contributed by atoms with Crippen LogP contribution in [0, 0.1) is 0 Å². The van der Waals surface area contributed by atoms with E-state index in [-0.39, 0.29) is 5.91 Å². The van der Waals surface area contributed by atoms with E-state index in [1.807, 2.05) is 15.7 Å². The zero-order valence-corrected chi connectivity index (χ0v) is 11.8. The maximum atomic E-state index is 12.1. The molecule has 5 nitrogen and oxygen atoms in total. The Hall–Kier alpha value is -1.36. The fourth-order valence-electron chi connectivity index (χ4n) is 2.38. The zero-order chi connectivity index (χ0) is 13.5. The molecule has 0 atom stereocenters. The first-order valence-corrected chi connectivity index (χ1v) is 7.28. The van der Waals surface area contributed by atoms with Gasteiger partial charge < -0.3 is 14.8 Å². The highest BCUT2D eigenvalue weighted by molar-refractivity contribution is 5.76. The van der Waals surface area contributed by atoms with E-state index >= 15 is 0 Å². The van der Waals surface area contributed by atoms with Crippen LogP contribution in [0.2, 0.25) is 0 Å². The number of likely N-dealkylation sites (tertiary alicyclic amines) is 1. The molecule has 1 aromatic heterocycles. The topological polar surface area (TPSA) is 50.2 Å². The number of hydrogen-bond acceptors (Lipinski definition) is 3. The summed E-state index contributed by atoms with van der Waals surface area (Å²) in [6.07, 6.45) is 8.37. The number of nitrogens with one attached hydrogen (secondary N) is 1. The summed E-state index contributed by atoms with van der Waals surface area (Å²) >= 11 is 0. The second-order valence-corrected chi connectivity index (χ2v) is 5.16. The normalized spacial score (nSPS) is 15.7. The van der Waals surface area contributed by atoms with Gasteiger partial charge in [0, 0.05) is 25.8 Å². The Labute approximate surface area is 115 Å². The molecule has 0 radical (unpaired) electrons. The average Bonchev–Trinajstić information content (AvgIpc) is 2.88. The summed E-state index contributed by atoms with van der Waals surface area (Å²) in [6, 6.07) is 0. The number of piperidine rings is 1. The molecule has 5 heteroatoms. The first kappa shape index (κ1) is 14.1. The van der Waals surface area contributed by atoms with E-state index in [2.05, 4.69) is 17.2 Å². The van der Waals surface area contributed by atoms with Crippen molar-refractivity contribution in [2.24, 2.45) is 0 Å². The average molecular weight is 264 g/mol. The number of hydrogen-bond donors (Lipinski definition) is 1. The maximum absolute atomic E-state index is 12.1. The van der Waals surface area contributed by atoms with Crippen LogP contribution in [0.3, 0.4) is 0 Å². The van der Waals surface area contributed by atoms with Crippen molar-refractivity contribution in [1.82, 2.24) is 19.8 Å². The fraction of sp³-hybridized carbons (Fsp3) is 0.714. The SMILES string of the molecule is CCCNCc1cn(CC(=O)N2CCCCC2)cn1. The van der Waals surface area contributed by atoms with Crippen LogP contribution in [0.15, 0.2) is 12.5 Å². The molecule has 1 amide bonds. The van der Waals surface area contributed by atoms with E-state index in [4.69, 9.17) is 0 Å². The predicted octanol–water partition coefficient (Wildman–Crippen LogP) is 1.40. The summed E-state index contributed by atoms with van der Waals surface area (Å²) in [7, 11) is 0. The Bertz CT molecular complexity index is 396. The maximum Gasteiger partial charge on any atom is 0.242 e. The molecule has 1 saturated heterocycles. The number of amides is 1. The molecule has 1 N–H and O–H groups in total. The lowest BCUT2D eigenvalue weighted by atomic mass is 10.1. The summed E-state index contributed by atoms with van der Waals surface area (Å²) in [5, 5.41) is 3.31. The lowest BCUT2D eigenvalue weighted by Gasteiger charge is -2.26. The molecule has 1 aliphatic rings. The van der Waals surface area contributed by atoms with E-state index in [9.17, 15) is 4.79 Å². The van der Waals surface area contributed by atoms with Gasteiger partial charge in [-0.3, -0.25) is 4.79 Å². The molecule has 19 heavy (non-hydrogen) atoms. The van der Waals surface area contributed by atoms with Gasteiger partial charge in [0.1, 0.15) is 6.54 Å². The van der Waals surface area contributed by atoms with Gasteiger partial charge >= 0.3 is 0 Å². The molecular weight excluding hydrogens is 240 g/mol. The second kappa shape index (κ2) is 7.28. The Morgan fingerprint density at radius 1 is 1.37 bits per heavy atom. The third-order valence-electron chi connectivity index (χ3n) is 3.45. The van der Waals surface area contributed by atoms with Crippen molar-refractivity contribution in [3.05, 3.63) is 18.2 Å². The standard InChI is InChI=1S/C14H24N4O/c1-2-6-15-9-13-10-17(12-16-13)11-14(19)18-7-4-3-5-8-18/h10,12,15H,2-9,11H2,1H3. The third-order valence-corrected chi connectivity index (χ3v) is 3.45. The van der Waals surface area contributed by atoms with E-state index in [0.717, 1.165) is 51.1 Å². The molecule has 106 valence electrons. The van der Waals surface area contributed by atoms with Gasteiger partial charge in [-0.1, -0.05) is 6.92 Å². The number of carbonyl (C=O) groups excluding carboxylic acids is 1. The highest BCUT2D eigenvalue weighted by Gasteiger charge is 2.16. The van der Waals surface area contributed by atoms with Crippen molar-refractivity contribution in [1.29, 1.82) is 0 Å². The van der Waals surface area contributed by atoms with Gasteiger partial charge in [-0.15, -0.1) is 0 Å². The van der Waals surface area contributed by atoms with E-state index in [0.29, 0.717) is 6.54 Å². The van der Waals surface area contributed by atoms with Gasteiger partial charge in [0.2, 0.25) is 5.91 Å². The Balaban J connectivity index is 1.80. The smallest absolute Gasteiger partial charge is 0.242 e. The van der Waals surface area contributed by atoms with Crippen molar-refractivity contribution in [3.63, 3.8) is 0 Å². The summed E-state index contributed by atoms with van der Waals surface area (Å²) in [5.74, 6) is 0.213. The van der Waals surface area contributed by atoms with Crippen LogP contribution in [0.25, 0.3) is 0 Å². The minimum atomic E-state index is 0.213. The predicted molar refractivity (Wildman–Crippen MR) is 74.7 cm³/mol. The number of carbonyl (C=O) groups is 1. The highest BCUT2D eigenvalue weighted by Crippen LogP contribution is 2.09. The molecule has 0 unspecified atom stereocenters. The quantitative estimate of drug-likeness (QED) is 0.790. The minimum absolute atomic E-state index is 0.213. The molecule has 0 spiro atoms. The summed E-state index contributed by atoms with van der Waals surface area (Å²) in [5.41, 5.74) is 1.000. The van der Waals surface area contributed by atoms with E-state index in [1.54, 1.807) is 6.33 Å². The molecule has 1 aromatic rings. The molecule has 0 aromatic carbocycles. The van der Waals surface area contributed by atoms with E-state index in [1.165, 1.54) is 6.42 Å². The molecule has 0 aliphatic carbocycles. The zero-order valence-electron chi connectivity index (χ0n) is 11.8. The van der Waals surface area contributed by atoms with Gasteiger partial charge in [-0.25, -0.2) is 4.98 Å². The lowest BCUT2D eigenvalue weighted by molar-refractivity contribution is -0.132. The van der Waals surface area contributed by atoms with Crippen molar-refractivity contribution >= 4 is 5.91 Å². The Morgan fingerprint density at radius 2 is 2.16 bits per heavy atom. The Kier molecular flexibility index (Phi) is 5.39. The number of rotatable bonds is 6. The summed E-state index contributed by atoms with van der Waals surface area (Å²) in [4.78, 5) is 18.4. The third kappa shape index (κ3) is 4.35. The first-order valence-electron chi connectivity index (χ1n) is 7.28. The fourth-order valence-corrected chi connectivity index (χ4v) is 2.38. The van der Waals surface area contributed by atoms with Gasteiger partial charge in [0.05, 0.1) is 12.0 Å². The van der Waals surface area contributed by atoms with Crippen molar-refractivity contribution < 1.29 is 4.79 Å². The summed E-state index contributed by atoms with van der Waals surface area (Å²) in [6.45, 7) is 6.17. The van der Waals surface area contributed by atoms with Crippen LogP contribution in [-0.4, -0.2) is 40.0 Å². The van der Waals surface area contributed by atoms with Crippen LogP contribution in [0.5, 0.6) is 0 Å². The Morgan fingerprint density at radius 3 is 2.89 bits per heavy atom. The first-order chi connectivity index (χ1) is 9.29. The largest absolute Gasteiger partial charge is 0.341 e.